The molecular weight excluding hydrogens is 278 g/mol. The van der Waals surface area contributed by atoms with Crippen molar-refractivity contribution in [2.24, 2.45) is 0 Å². The maximum absolute atomic E-state index is 12.3. The Hall–Kier alpha value is -2.49. The summed E-state index contributed by atoms with van der Waals surface area (Å²) in [7, 11) is 1.57. The first-order valence-electron chi connectivity index (χ1n) is 7.34. The first kappa shape index (κ1) is 15.9. The van der Waals surface area contributed by atoms with E-state index in [0.717, 1.165) is 17.7 Å². The van der Waals surface area contributed by atoms with E-state index in [2.05, 4.69) is 12.2 Å². The molecule has 0 unspecified atom stereocenters. The average Bonchev–Trinajstić information content (AvgIpc) is 2.55. The smallest absolute Gasteiger partial charge is 0.265 e. The van der Waals surface area contributed by atoms with Gasteiger partial charge < -0.3 is 14.8 Å². The number of hydrogen-bond donors (Lipinski definition) is 1. The molecule has 2 aromatic carbocycles. The zero-order valence-electron chi connectivity index (χ0n) is 13.1. The van der Waals surface area contributed by atoms with Gasteiger partial charge in [-0.3, -0.25) is 4.79 Å². The maximum Gasteiger partial charge on any atom is 0.265 e. The molecule has 0 aliphatic carbocycles. The van der Waals surface area contributed by atoms with Gasteiger partial charge in [-0.05, 0) is 37.1 Å². The van der Waals surface area contributed by atoms with Crippen molar-refractivity contribution in [3.05, 3.63) is 54.1 Å². The Morgan fingerprint density at radius 3 is 2.41 bits per heavy atom. The number of hydrogen-bond acceptors (Lipinski definition) is 3. The molecule has 1 amide bonds. The molecule has 0 aliphatic heterocycles. The van der Waals surface area contributed by atoms with Crippen LogP contribution in [0.5, 0.6) is 11.5 Å². The van der Waals surface area contributed by atoms with Crippen molar-refractivity contribution in [3.8, 4) is 11.5 Å². The summed E-state index contributed by atoms with van der Waals surface area (Å²) < 4.78 is 11.0. The highest BCUT2D eigenvalue weighted by atomic mass is 16.5. The van der Waals surface area contributed by atoms with Gasteiger partial charge in [0.05, 0.1) is 12.8 Å². The molecule has 0 saturated heterocycles. The molecule has 4 heteroatoms. The predicted octanol–water partition coefficient (Wildman–Crippen LogP) is 3.66. The van der Waals surface area contributed by atoms with E-state index in [1.165, 1.54) is 0 Å². The van der Waals surface area contributed by atoms with Crippen LogP contribution in [-0.4, -0.2) is 19.1 Å². The molecular formula is C18H21NO3. The third kappa shape index (κ3) is 3.79. The number of carbonyl (C=O) groups excluding carboxylic acids is 1. The number of ether oxygens (including phenoxy) is 2. The molecule has 0 spiro atoms. The van der Waals surface area contributed by atoms with E-state index in [1.807, 2.05) is 36.4 Å². The van der Waals surface area contributed by atoms with Crippen molar-refractivity contribution in [2.75, 3.05) is 12.4 Å². The molecule has 0 aliphatic rings. The van der Waals surface area contributed by atoms with E-state index in [9.17, 15) is 4.79 Å². The third-order valence-corrected chi connectivity index (χ3v) is 3.39. The molecule has 0 saturated carbocycles. The first-order valence-corrected chi connectivity index (χ1v) is 7.34. The van der Waals surface area contributed by atoms with E-state index in [-0.39, 0.29) is 5.91 Å². The van der Waals surface area contributed by atoms with Crippen molar-refractivity contribution < 1.29 is 14.3 Å². The monoisotopic (exact) mass is 299 g/mol. The Labute approximate surface area is 131 Å². The van der Waals surface area contributed by atoms with E-state index in [1.54, 1.807) is 26.2 Å². The Bertz CT molecular complexity index is 640. The van der Waals surface area contributed by atoms with Crippen LogP contribution in [0.1, 0.15) is 19.4 Å². The predicted molar refractivity (Wildman–Crippen MR) is 87.5 cm³/mol. The second-order valence-corrected chi connectivity index (χ2v) is 4.91. The zero-order valence-corrected chi connectivity index (χ0v) is 13.1. The molecule has 0 bridgehead atoms. The summed E-state index contributed by atoms with van der Waals surface area (Å²) >= 11 is 0. The quantitative estimate of drug-likeness (QED) is 0.885. The normalized spacial score (nSPS) is 11.6. The minimum atomic E-state index is -0.599. The minimum Gasteiger partial charge on any atom is -0.495 e. The summed E-state index contributed by atoms with van der Waals surface area (Å²) in [4.78, 5) is 12.3. The van der Waals surface area contributed by atoms with Gasteiger partial charge >= 0.3 is 0 Å². The first-order chi connectivity index (χ1) is 10.7. The van der Waals surface area contributed by atoms with E-state index >= 15 is 0 Å². The summed E-state index contributed by atoms with van der Waals surface area (Å²) in [6.45, 7) is 3.79. The summed E-state index contributed by atoms with van der Waals surface area (Å²) in [5.74, 6) is 1.15. The highest BCUT2D eigenvalue weighted by Gasteiger charge is 2.17. The molecule has 22 heavy (non-hydrogen) atoms. The van der Waals surface area contributed by atoms with Gasteiger partial charge in [0.2, 0.25) is 0 Å². The molecule has 0 fully saturated rings. The number of methoxy groups -OCH3 is 1. The lowest BCUT2D eigenvalue weighted by Gasteiger charge is -2.17. The van der Waals surface area contributed by atoms with Crippen LogP contribution >= 0.6 is 0 Å². The van der Waals surface area contributed by atoms with Crippen LogP contribution in [0, 0.1) is 0 Å². The van der Waals surface area contributed by atoms with Crippen molar-refractivity contribution >= 4 is 11.6 Å². The summed E-state index contributed by atoms with van der Waals surface area (Å²) in [5.41, 5.74) is 1.72. The minimum absolute atomic E-state index is 0.213. The van der Waals surface area contributed by atoms with Crippen LogP contribution in [-0.2, 0) is 11.2 Å². The number of para-hydroxylation sites is 3. The van der Waals surface area contributed by atoms with E-state index in [0.29, 0.717) is 11.4 Å². The van der Waals surface area contributed by atoms with Gasteiger partial charge in [0.25, 0.3) is 5.91 Å². The number of benzene rings is 2. The van der Waals surface area contributed by atoms with E-state index < -0.39 is 6.10 Å². The van der Waals surface area contributed by atoms with E-state index in [4.69, 9.17) is 9.47 Å². The van der Waals surface area contributed by atoms with Crippen molar-refractivity contribution in [2.45, 2.75) is 26.4 Å². The molecule has 1 N–H and O–H groups in total. The highest BCUT2D eigenvalue weighted by Crippen LogP contribution is 2.24. The molecule has 2 rings (SSSR count). The van der Waals surface area contributed by atoms with Crippen LogP contribution in [0.2, 0.25) is 0 Å². The second-order valence-electron chi connectivity index (χ2n) is 4.91. The summed E-state index contributed by atoms with van der Waals surface area (Å²) in [6, 6.07) is 15.0. The van der Waals surface area contributed by atoms with Crippen LogP contribution in [0.4, 0.5) is 5.69 Å². The molecule has 116 valence electrons. The summed E-state index contributed by atoms with van der Waals surface area (Å²) in [5, 5.41) is 2.83. The number of rotatable bonds is 6. The van der Waals surface area contributed by atoms with Gasteiger partial charge in [-0.2, -0.15) is 0 Å². The second kappa shape index (κ2) is 7.50. The number of amides is 1. The third-order valence-electron chi connectivity index (χ3n) is 3.39. The Kier molecular flexibility index (Phi) is 5.42. The van der Waals surface area contributed by atoms with Gasteiger partial charge in [-0.15, -0.1) is 0 Å². The van der Waals surface area contributed by atoms with Crippen LogP contribution in [0.15, 0.2) is 48.5 Å². The lowest BCUT2D eigenvalue weighted by Crippen LogP contribution is -2.30. The van der Waals surface area contributed by atoms with Crippen LogP contribution < -0.4 is 14.8 Å². The number of aryl methyl sites for hydroxylation is 1. The van der Waals surface area contributed by atoms with Crippen molar-refractivity contribution in [1.29, 1.82) is 0 Å². The molecule has 0 aromatic heterocycles. The average molecular weight is 299 g/mol. The Morgan fingerprint density at radius 2 is 1.73 bits per heavy atom. The largest absolute Gasteiger partial charge is 0.495 e. The maximum atomic E-state index is 12.3. The zero-order chi connectivity index (χ0) is 15.9. The molecule has 0 radical (unpaired) electrons. The fourth-order valence-electron chi connectivity index (χ4n) is 2.14. The molecule has 4 nitrogen and oxygen atoms in total. The molecule has 1 atom stereocenters. The topological polar surface area (TPSA) is 47.6 Å². The molecule has 2 aromatic rings. The standard InChI is InChI=1S/C18H21NO3/c1-4-14-9-5-7-11-16(14)22-13(2)18(20)19-15-10-6-8-12-17(15)21-3/h5-13H,4H2,1-3H3,(H,19,20)/t13-/m1/s1. The Balaban J connectivity index is 2.06. The fourth-order valence-corrected chi connectivity index (χ4v) is 2.14. The van der Waals surface area contributed by atoms with Crippen LogP contribution in [0.3, 0.4) is 0 Å². The Morgan fingerprint density at radius 1 is 1.09 bits per heavy atom. The fraction of sp³-hybridized carbons (Fsp3) is 0.278. The van der Waals surface area contributed by atoms with Crippen LogP contribution in [0.25, 0.3) is 0 Å². The lowest BCUT2D eigenvalue weighted by molar-refractivity contribution is -0.122. The van der Waals surface area contributed by atoms with Gasteiger partial charge in [-0.25, -0.2) is 0 Å². The van der Waals surface area contributed by atoms with Gasteiger partial charge in [0.1, 0.15) is 11.5 Å². The lowest BCUT2D eigenvalue weighted by atomic mass is 10.1. The highest BCUT2D eigenvalue weighted by molar-refractivity contribution is 5.95. The number of carbonyl (C=O) groups is 1. The van der Waals surface area contributed by atoms with Crippen molar-refractivity contribution in [3.63, 3.8) is 0 Å². The number of nitrogens with one attached hydrogen (secondary N) is 1. The molecule has 0 heterocycles. The van der Waals surface area contributed by atoms with Gasteiger partial charge in [-0.1, -0.05) is 37.3 Å². The van der Waals surface area contributed by atoms with Crippen molar-refractivity contribution in [1.82, 2.24) is 0 Å². The number of anilines is 1. The SMILES string of the molecule is CCc1ccccc1O[C@H](C)C(=O)Nc1ccccc1OC. The van der Waals surface area contributed by atoms with Gasteiger partial charge in [0, 0.05) is 0 Å². The van der Waals surface area contributed by atoms with Gasteiger partial charge in [0.15, 0.2) is 6.10 Å². The summed E-state index contributed by atoms with van der Waals surface area (Å²) in [6.07, 6.45) is 0.259.